The van der Waals surface area contributed by atoms with Crippen LogP contribution in [0.25, 0.3) is 0 Å². The molecule has 16 heavy (non-hydrogen) atoms. The molecule has 0 aliphatic rings. The lowest BCUT2D eigenvalue weighted by atomic mass is 10.4. The van der Waals surface area contributed by atoms with Crippen molar-refractivity contribution in [3.63, 3.8) is 0 Å². The van der Waals surface area contributed by atoms with E-state index in [9.17, 15) is 0 Å². The topological polar surface area (TPSA) is 29.0 Å². The second kappa shape index (κ2) is 5.27. The van der Waals surface area contributed by atoms with E-state index in [-0.39, 0.29) is 0 Å². The van der Waals surface area contributed by atoms with Crippen molar-refractivity contribution in [2.45, 2.75) is 12.4 Å². The largest absolute Gasteiger partial charge is 0.339 e. The van der Waals surface area contributed by atoms with E-state index < -0.39 is 0 Å². The van der Waals surface area contributed by atoms with Crippen LogP contribution in [0.4, 0.5) is 5.95 Å². The molecule has 2 aromatic rings. The fraction of sp³-hybridized carbons (Fsp3) is 0.273. The minimum absolute atomic E-state index is 0.453. The van der Waals surface area contributed by atoms with Crippen LogP contribution in [0.3, 0.4) is 0 Å². The molecule has 0 aromatic carbocycles. The number of hydrogen-bond acceptors (Lipinski definition) is 4. The molecular weight excluding hydrogens is 242 g/mol. The molecule has 2 aromatic heterocycles. The highest BCUT2D eigenvalue weighted by Gasteiger charge is 2.05. The number of rotatable bonds is 4. The van der Waals surface area contributed by atoms with Crippen molar-refractivity contribution >= 4 is 28.9 Å². The van der Waals surface area contributed by atoms with Crippen molar-refractivity contribution in [2.75, 3.05) is 11.9 Å². The molecule has 0 saturated carbocycles. The van der Waals surface area contributed by atoms with Crippen LogP contribution in [0.2, 0.25) is 0 Å². The molecule has 2 heterocycles. The predicted octanol–water partition coefficient (Wildman–Crippen LogP) is 2.91. The molecule has 0 saturated heterocycles. The van der Waals surface area contributed by atoms with Gasteiger partial charge < -0.3 is 4.90 Å². The van der Waals surface area contributed by atoms with Crippen LogP contribution in [-0.2, 0) is 12.4 Å². The van der Waals surface area contributed by atoms with Gasteiger partial charge in [0.15, 0.2) is 0 Å². The first kappa shape index (κ1) is 11.4. The SMILES string of the molecule is CN(Cc1cccs1)c1ncc(CCl)cn1. The van der Waals surface area contributed by atoms with E-state index >= 15 is 0 Å². The van der Waals surface area contributed by atoms with E-state index in [1.54, 1.807) is 23.7 Å². The lowest BCUT2D eigenvalue weighted by Gasteiger charge is -2.15. The first-order valence-corrected chi connectivity index (χ1v) is 6.31. The maximum atomic E-state index is 5.68. The van der Waals surface area contributed by atoms with Gasteiger partial charge in [0.25, 0.3) is 0 Å². The van der Waals surface area contributed by atoms with Gasteiger partial charge in [0.1, 0.15) is 0 Å². The highest BCUT2D eigenvalue weighted by Crippen LogP contribution is 2.14. The maximum Gasteiger partial charge on any atom is 0.225 e. The van der Waals surface area contributed by atoms with Crippen molar-refractivity contribution in [3.8, 4) is 0 Å². The summed E-state index contributed by atoms with van der Waals surface area (Å²) in [6, 6.07) is 4.15. The monoisotopic (exact) mass is 253 g/mol. The van der Waals surface area contributed by atoms with Gasteiger partial charge in [-0.25, -0.2) is 9.97 Å². The van der Waals surface area contributed by atoms with Crippen molar-refractivity contribution in [1.29, 1.82) is 0 Å². The van der Waals surface area contributed by atoms with E-state index in [2.05, 4.69) is 21.4 Å². The van der Waals surface area contributed by atoms with Crippen LogP contribution in [-0.4, -0.2) is 17.0 Å². The maximum absolute atomic E-state index is 5.68. The Morgan fingerprint density at radius 3 is 2.69 bits per heavy atom. The third-order valence-electron chi connectivity index (χ3n) is 2.16. The Labute approximate surface area is 104 Å². The molecular formula is C11H12ClN3S. The molecule has 0 radical (unpaired) electrons. The average molecular weight is 254 g/mol. The summed E-state index contributed by atoms with van der Waals surface area (Å²) >= 11 is 7.42. The molecule has 5 heteroatoms. The number of alkyl halides is 1. The lowest BCUT2D eigenvalue weighted by molar-refractivity contribution is 0.874. The van der Waals surface area contributed by atoms with Crippen LogP contribution in [0.5, 0.6) is 0 Å². The third-order valence-corrected chi connectivity index (χ3v) is 3.33. The number of aromatic nitrogens is 2. The number of thiophene rings is 1. The molecule has 0 aliphatic carbocycles. The van der Waals surface area contributed by atoms with Gasteiger partial charge >= 0.3 is 0 Å². The van der Waals surface area contributed by atoms with Crippen molar-refractivity contribution in [2.24, 2.45) is 0 Å². The molecule has 0 spiro atoms. The van der Waals surface area contributed by atoms with Crippen LogP contribution in [0.15, 0.2) is 29.9 Å². The number of hydrogen-bond donors (Lipinski definition) is 0. The zero-order valence-corrected chi connectivity index (χ0v) is 10.5. The molecule has 0 unspecified atom stereocenters. The number of halogens is 1. The van der Waals surface area contributed by atoms with Crippen molar-refractivity contribution < 1.29 is 0 Å². The Morgan fingerprint density at radius 1 is 1.38 bits per heavy atom. The standard InChI is InChI=1S/C11H12ClN3S/c1-15(8-10-3-2-4-16-10)11-13-6-9(5-12)7-14-11/h2-4,6-7H,5,8H2,1H3. The van der Waals surface area contributed by atoms with Gasteiger partial charge in [-0.2, -0.15) is 0 Å². The van der Waals surface area contributed by atoms with E-state index in [0.717, 1.165) is 18.1 Å². The van der Waals surface area contributed by atoms with Gasteiger partial charge in [0.2, 0.25) is 5.95 Å². The van der Waals surface area contributed by atoms with Gasteiger partial charge in [-0.1, -0.05) is 6.07 Å². The average Bonchev–Trinajstić information content (AvgIpc) is 2.82. The summed E-state index contributed by atoms with van der Waals surface area (Å²) in [5, 5.41) is 2.07. The van der Waals surface area contributed by atoms with E-state index in [0.29, 0.717) is 5.88 Å². The normalized spacial score (nSPS) is 10.4. The fourth-order valence-electron chi connectivity index (χ4n) is 1.32. The lowest BCUT2D eigenvalue weighted by Crippen LogP contribution is -2.18. The zero-order chi connectivity index (χ0) is 11.4. The van der Waals surface area contributed by atoms with Crippen molar-refractivity contribution in [3.05, 3.63) is 40.3 Å². The second-order valence-corrected chi connectivity index (χ2v) is 4.76. The van der Waals surface area contributed by atoms with Crippen LogP contribution in [0.1, 0.15) is 10.4 Å². The van der Waals surface area contributed by atoms with E-state index in [1.165, 1.54) is 4.88 Å². The van der Waals surface area contributed by atoms with Crippen LogP contribution in [0, 0.1) is 0 Å². The quantitative estimate of drug-likeness (QED) is 0.785. The Kier molecular flexibility index (Phi) is 3.74. The highest BCUT2D eigenvalue weighted by atomic mass is 35.5. The van der Waals surface area contributed by atoms with E-state index in [4.69, 9.17) is 11.6 Å². The molecule has 0 N–H and O–H groups in total. The Morgan fingerprint density at radius 2 is 2.12 bits per heavy atom. The summed E-state index contributed by atoms with van der Waals surface area (Å²) in [6.07, 6.45) is 3.53. The molecule has 0 atom stereocenters. The van der Waals surface area contributed by atoms with Gasteiger partial charge in [0, 0.05) is 29.9 Å². The summed E-state index contributed by atoms with van der Waals surface area (Å²) in [4.78, 5) is 11.8. The summed E-state index contributed by atoms with van der Waals surface area (Å²) in [7, 11) is 1.98. The van der Waals surface area contributed by atoms with Crippen LogP contribution < -0.4 is 4.90 Å². The summed E-state index contributed by atoms with van der Waals surface area (Å²) in [5.74, 6) is 1.18. The molecule has 2 rings (SSSR count). The molecule has 0 aliphatic heterocycles. The smallest absolute Gasteiger partial charge is 0.225 e. The molecule has 84 valence electrons. The number of nitrogens with zero attached hydrogens (tertiary/aromatic N) is 3. The van der Waals surface area contributed by atoms with Gasteiger partial charge in [-0.3, -0.25) is 0 Å². The Balaban J connectivity index is 2.05. The van der Waals surface area contributed by atoms with Gasteiger partial charge in [-0.05, 0) is 11.4 Å². The molecule has 0 bridgehead atoms. The Bertz CT molecular complexity index is 427. The third kappa shape index (κ3) is 2.71. The molecule has 0 amide bonds. The fourth-order valence-corrected chi connectivity index (χ4v) is 2.22. The van der Waals surface area contributed by atoms with Gasteiger partial charge in [-0.15, -0.1) is 22.9 Å². The number of anilines is 1. The highest BCUT2D eigenvalue weighted by molar-refractivity contribution is 7.09. The zero-order valence-electron chi connectivity index (χ0n) is 8.93. The van der Waals surface area contributed by atoms with Crippen LogP contribution >= 0.6 is 22.9 Å². The Hall–Kier alpha value is -1.13. The predicted molar refractivity (Wildman–Crippen MR) is 68.0 cm³/mol. The summed E-state index contributed by atoms with van der Waals surface area (Å²) < 4.78 is 0. The second-order valence-electron chi connectivity index (χ2n) is 3.46. The first-order valence-electron chi connectivity index (χ1n) is 4.90. The minimum atomic E-state index is 0.453. The minimum Gasteiger partial charge on any atom is -0.339 e. The summed E-state index contributed by atoms with van der Waals surface area (Å²) in [6.45, 7) is 0.831. The van der Waals surface area contributed by atoms with Crippen molar-refractivity contribution in [1.82, 2.24) is 9.97 Å². The molecule has 3 nitrogen and oxygen atoms in total. The van der Waals surface area contributed by atoms with E-state index in [1.807, 2.05) is 18.0 Å². The summed E-state index contributed by atoms with van der Waals surface area (Å²) in [5.41, 5.74) is 0.940. The molecule has 0 fully saturated rings. The first-order chi connectivity index (χ1) is 7.79. The van der Waals surface area contributed by atoms with Gasteiger partial charge in [0.05, 0.1) is 12.4 Å².